The summed E-state index contributed by atoms with van der Waals surface area (Å²) < 4.78 is 5.08. The third-order valence-electron chi connectivity index (χ3n) is 3.00. The van der Waals surface area contributed by atoms with Crippen LogP contribution in [0.2, 0.25) is 10.0 Å². The Bertz CT molecular complexity index is 541. The Morgan fingerprint density at radius 3 is 2.50 bits per heavy atom. The van der Waals surface area contributed by atoms with Crippen LogP contribution in [0.4, 0.5) is 5.69 Å². The number of carbonyl (C=O) groups is 2. The molecule has 1 aromatic rings. The van der Waals surface area contributed by atoms with Crippen LogP contribution in [0.15, 0.2) is 12.1 Å². The van der Waals surface area contributed by atoms with E-state index in [4.69, 9.17) is 38.8 Å². The van der Waals surface area contributed by atoms with Gasteiger partial charge >= 0.3 is 5.97 Å². The lowest BCUT2D eigenvalue weighted by Crippen LogP contribution is -2.52. The zero-order chi connectivity index (χ0) is 14.9. The first kappa shape index (κ1) is 14.9. The van der Waals surface area contributed by atoms with E-state index in [0.717, 1.165) is 0 Å². The summed E-state index contributed by atoms with van der Waals surface area (Å²) in [7, 11) is 0. The Labute approximate surface area is 125 Å². The first-order valence-corrected chi connectivity index (χ1v) is 6.53. The first-order valence-electron chi connectivity index (χ1n) is 5.78. The van der Waals surface area contributed by atoms with Crippen LogP contribution in [-0.4, -0.2) is 47.7 Å². The predicted octanol–water partition coefficient (Wildman–Crippen LogP) is 1.50. The molecular weight excluding hydrogens is 307 g/mol. The zero-order valence-corrected chi connectivity index (χ0v) is 11.8. The number of ether oxygens (including phenoxy) is 1. The molecule has 0 bridgehead atoms. The summed E-state index contributed by atoms with van der Waals surface area (Å²) in [6.45, 7) is 0.429. The van der Waals surface area contributed by atoms with E-state index < -0.39 is 17.9 Å². The lowest BCUT2D eigenvalue weighted by Gasteiger charge is -2.33. The molecule has 1 amide bonds. The fourth-order valence-electron chi connectivity index (χ4n) is 1.92. The molecule has 0 aromatic heterocycles. The Morgan fingerprint density at radius 1 is 1.35 bits per heavy atom. The van der Waals surface area contributed by atoms with Gasteiger partial charge in [-0.2, -0.15) is 0 Å². The minimum atomic E-state index is -1.12. The fourth-order valence-corrected chi connectivity index (χ4v) is 2.41. The van der Waals surface area contributed by atoms with Crippen molar-refractivity contribution < 1.29 is 19.4 Å². The molecule has 1 aromatic carbocycles. The largest absolute Gasteiger partial charge is 0.480 e. The maximum absolute atomic E-state index is 12.4. The molecule has 1 aliphatic rings. The number of aliphatic carboxylic acids is 1. The van der Waals surface area contributed by atoms with Crippen molar-refractivity contribution in [3.05, 3.63) is 27.7 Å². The van der Waals surface area contributed by atoms with Crippen LogP contribution in [0.5, 0.6) is 0 Å². The number of nitrogens with zero attached hydrogens (tertiary/aromatic N) is 1. The molecule has 0 spiro atoms. The van der Waals surface area contributed by atoms with E-state index in [-0.39, 0.29) is 41.1 Å². The van der Waals surface area contributed by atoms with E-state index in [1.165, 1.54) is 17.0 Å². The van der Waals surface area contributed by atoms with Crippen molar-refractivity contribution in [2.45, 2.75) is 6.04 Å². The molecular formula is C12H12Cl2N2O4. The molecule has 1 aliphatic heterocycles. The summed E-state index contributed by atoms with van der Waals surface area (Å²) in [6.07, 6.45) is 0. The lowest BCUT2D eigenvalue weighted by molar-refractivity contribution is -0.147. The second kappa shape index (κ2) is 5.87. The number of hydrogen-bond donors (Lipinski definition) is 2. The Kier molecular flexibility index (Phi) is 4.37. The van der Waals surface area contributed by atoms with Crippen molar-refractivity contribution >= 4 is 40.8 Å². The number of rotatable bonds is 2. The number of anilines is 1. The molecule has 8 heteroatoms. The number of nitrogen functional groups attached to an aromatic ring is 1. The molecule has 1 saturated heterocycles. The molecule has 1 heterocycles. The maximum atomic E-state index is 12.4. The highest BCUT2D eigenvalue weighted by Gasteiger charge is 2.33. The SMILES string of the molecule is Nc1c(Cl)cc(C(=O)N2CCOCC2C(=O)O)cc1Cl. The van der Waals surface area contributed by atoms with Gasteiger partial charge in [0.05, 0.1) is 28.9 Å². The summed E-state index contributed by atoms with van der Waals surface area (Å²) in [5.74, 6) is -1.59. The molecule has 1 unspecified atom stereocenters. The number of carboxylic acids is 1. The quantitative estimate of drug-likeness (QED) is 0.806. The van der Waals surface area contributed by atoms with Crippen molar-refractivity contribution in [2.75, 3.05) is 25.5 Å². The molecule has 0 saturated carbocycles. The second-order valence-electron chi connectivity index (χ2n) is 4.28. The normalized spacial score (nSPS) is 18.9. The van der Waals surface area contributed by atoms with Gasteiger partial charge in [-0.3, -0.25) is 4.79 Å². The van der Waals surface area contributed by atoms with Gasteiger partial charge in [0, 0.05) is 12.1 Å². The van der Waals surface area contributed by atoms with Gasteiger partial charge in [-0.15, -0.1) is 0 Å². The Balaban J connectivity index is 2.32. The number of amides is 1. The van der Waals surface area contributed by atoms with Crippen molar-refractivity contribution in [1.29, 1.82) is 0 Å². The molecule has 1 fully saturated rings. The van der Waals surface area contributed by atoms with Gasteiger partial charge in [0.2, 0.25) is 0 Å². The van der Waals surface area contributed by atoms with E-state index >= 15 is 0 Å². The monoisotopic (exact) mass is 318 g/mol. The van der Waals surface area contributed by atoms with E-state index in [2.05, 4.69) is 0 Å². The molecule has 6 nitrogen and oxygen atoms in total. The third-order valence-corrected chi connectivity index (χ3v) is 3.63. The molecule has 0 radical (unpaired) electrons. The average Bonchev–Trinajstić information content (AvgIpc) is 2.43. The highest BCUT2D eigenvalue weighted by molar-refractivity contribution is 6.39. The predicted molar refractivity (Wildman–Crippen MR) is 74.2 cm³/mol. The standard InChI is InChI=1S/C12H12Cl2N2O4/c13-7-3-6(4-8(14)10(7)15)11(17)16-1-2-20-5-9(16)12(18)19/h3-4,9H,1-2,5,15H2,(H,18,19). The van der Waals surface area contributed by atoms with Crippen LogP contribution in [0.1, 0.15) is 10.4 Å². The van der Waals surface area contributed by atoms with E-state index in [1.54, 1.807) is 0 Å². The molecule has 0 aliphatic carbocycles. The van der Waals surface area contributed by atoms with E-state index in [1.807, 2.05) is 0 Å². The Morgan fingerprint density at radius 2 is 1.95 bits per heavy atom. The van der Waals surface area contributed by atoms with Gasteiger partial charge in [-0.1, -0.05) is 23.2 Å². The number of halogens is 2. The minimum Gasteiger partial charge on any atom is -0.480 e. The van der Waals surface area contributed by atoms with Gasteiger partial charge < -0.3 is 20.5 Å². The smallest absolute Gasteiger partial charge is 0.328 e. The van der Waals surface area contributed by atoms with Gasteiger partial charge in [0.15, 0.2) is 6.04 Å². The molecule has 108 valence electrons. The highest BCUT2D eigenvalue weighted by Crippen LogP contribution is 2.29. The van der Waals surface area contributed by atoms with Crippen LogP contribution in [0, 0.1) is 0 Å². The molecule has 20 heavy (non-hydrogen) atoms. The van der Waals surface area contributed by atoms with Gasteiger partial charge in [-0.25, -0.2) is 4.79 Å². The third kappa shape index (κ3) is 2.82. The fraction of sp³-hybridized carbons (Fsp3) is 0.333. The number of morpholine rings is 1. The second-order valence-corrected chi connectivity index (χ2v) is 5.10. The summed E-state index contributed by atoms with van der Waals surface area (Å²) >= 11 is 11.8. The topological polar surface area (TPSA) is 92.9 Å². The highest BCUT2D eigenvalue weighted by atomic mass is 35.5. The van der Waals surface area contributed by atoms with Crippen LogP contribution in [0.25, 0.3) is 0 Å². The first-order chi connectivity index (χ1) is 9.41. The summed E-state index contributed by atoms with van der Waals surface area (Å²) in [5.41, 5.74) is 5.98. The van der Waals surface area contributed by atoms with Crippen molar-refractivity contribution in [2.24, 2.45) is 0 Å². The van der Waals surface area contributed by atoms with Gasteiger partial charge in [0.1, 0.15) is 0 Å². The summed E-state index contributed by atoms with van der Waals surface area (Å²) in [4.78, 5) is 24.7. The lowest BCUT2D eigenvalue weighted by atomic mass is 10.1. The summed E-state index contributed by atoms with van der Waals surface area (Å²) in [6, 6.07) is 1.73. The van der Waals surface area contributed by atoms with Crippen LogP contribution >= 0.6 is 23.2 Å². The van der Waals surface area contributed by atoms with Crippen LogP contribution < -0.4 is 5.73 Å². The van der Waals surface area contributed by atoms with Crippen LogP contribution in [-0.2, 0) is 9.53 Å². The molecule has 3 N–H and O–H groups in total. The van der Waals surface area contributed by atoms with Gasteiger partial charge in [-0.05, 0) is 12.1 Å². The molecule has 1 atom stereocenters. The minimum absolute atomic E-state index is 0.0441. The number of hydrogen-bond acceptors (Lipinski definition) is 4. The van der Waals surface area contributed by atoms with Crippen molar-refractivity contribution in [1.82, 2.24) is 4.90 Å². The van der Waals surface area contributed by atoms with Gasteiger partial charge in [0.25, 0.3) is 5.91 Å². The van der Waals surface area contributed by atoms with E-state index in [0.29, 0.717) is 0 Å². The average molecular weight is 319 g/mol. The number of carboxylic acid groups (broad SMARTS) is 1. The summed E-state index contributed by atoms with van der Waals surface area (Å²) in [5, 5.41) is 9.42. The number of carbonyl (C=O) groups excluding carboxylic acids is 1. The van der Waals surface area contributed by atoms with E-state index in [9.17, 15) is 9.59 Å². The van der Waals surface area contributed by atoms with Crippen molar-refractivity contribution in [3.63, 3.8) is 0 Å². The number of nitrogens with two attached hydrogens (primary N) is 1. The maximum Gasteiger partial charge on any atom is 0.328 e. The van der Waals surface area contributed by atoms with Crippen LogP contribution in [0.3, 0.4) is 0 Å². The molecule has 2 rings (SSSR count). The Hall–Kier alpha value is -1.50. The van der Waals surface area contributed by atoms with Crippen molar-refractivity contribution in [3.8, 4) is 0 Å². The number of benzene rings is 1. The zero-order valence-electron chi connectivity index (χ0n) is 10.3.